The molecule has 0 saturated carbocycles. The van der Waals surface area contributed by atoms with Gasteiger partial charge in [-0.15, -0.1) is 0 Å². The molecule has 2 N–H and O–H groups in total. The van der Waals surface area contributed by atoms with E-state index >= 15 is 0 Å². The number of halogens is 1. The van der Waals surface area contributed by atoms with Crippen LogP contribution in [0.5, 0.6) is 0 Å². The summed E-state index contributed by atoms with van der Waals surface area (Å²) in [6, 6.07) is 16.4. The van der Waals surface area contributed by atoms with Crippen molar-refractivity contribution in [3.63, 3.8) is 0 Å². The molecule has 0 aliphatic rings. The predicted octanol–water partition coefficient (Wildman–Crippen LogP) is 3.98. The van der Waals surface area contributed by atoms with Crippen LogP contribution in [0.4, 0.5) is 10.3 Å². The van der Waals surface area contributed by atoms with Crippen LogP contribution in [-0.4, -0.2) is 32.8 Å². The fourth-order valence-electron chi connectivity index (χ4n) is 3.10. The second kappa shape index (κ2) is 9.28. The Labute approximate surface area is 174 Å². The molecule has 4 rings (SSSR count). The van der Waals surface area contributed by atoms with E-state index in [0.717, 1.165) is 29.1 Å². The van der Waals surface area contributed by atoms with Gasteiger partial charge in [-0.2, -0.15) is 5.10 Å². The lowest BCUT2D eigenvalue weighted by atomic mass is 10.1. The summed E-state index contributed by atoms with van der Waals surface area (Å²) in [5.41, 5.74) is 5.05. The van der Waals surface area contributed by atoms with Gasteiger partial charge in [-0.1, -0.05) is 29.8 Å². The Bertz CT molecular complexity index is 1080. The van der Waals surface area contributed by atoms with E-state index in [2.05, 4.69) is 51.8 Å². The van der Waals surface area contributed by atoms with Crippen LogP contribution < -0.4 is 10.6 Å². The number of anilines is 1. The van der Waals surface area contributed by atoms with E-state index in [0.29, 0.717) is 19.0 Å². The van der Waals surface area contributed by atoms with Gasteiger partial charge in [-0.3, -0.25) is 0 Å². The molecule has 6 nitrogen and oxygen atoms in total. The van der Waals surface area contributed by atoms with E-state index in [1.807, 2.05) is 6.20 Å². The number of hydrogen-bond donors (Lipinski definition) is 2. The molecular weight excluding hydrogens is 379 g/mol. The third kappa shape index (κ3) is 4.87. The number of hydrogen-bond acceptors (Lipinski definition) is 5. The SMILES string of the molecule is Cc1ccc(-c2nn(-c3ccc(F)cc3)cc2CNCCNc2ncccn2)cc1. The van der Waals surface area contributed by atoms with Crippen LogP contribution in [0, 0.1) is 12.7 Å². The van der Waals surface area contributed by atoms with Crippen LogP contribution in [0.1, 0.15) is 11.1 Å². The Balaban J connectivity index is 1.48. The molecule has 2 aromatic heterocycles. The van der Waals surface area contributed by atoms with Gasteiger partial charge in [-0.25, -0.2) is 19.0 Å². The third-order valence-corrected chi connectivity index (χ3v) is 4.67. The van der Waals surface area contributed by atoms with Crippen molar-refractivity contribution in [1.82, 2.24) is 25.1 Å². The lowest BCUT2D eigenvalue weighted by Gasteiger charge is -2.07. The summed E-state index contributed by atoms with van der Waals surface area (Å²) in [4.78, 5) is 8.30. The van der Waals surface area contributed by atoms with E-state index in [9.17, 15) is 4.39 Å². The maximum atomic E-state index is 13.3. The highest BCUT2D eigenvalue weighted by molar-refractivity contribution is 5.63. The molecule has 0 fully saturated rings. The zero-order valence-electron chi connectivity index (χ0n) is 16.7. The summed E-state index contributed by atoms with van der Waals surface area (Å²) >= 11 is 0. The topological polar surface area (TPSA) is 67.7 Å². The number of rotatable bonds is 8. The van der Waals surface area contributed by atoms with Gasteiger partial charge >= 0.3 is 0 Å². The highest BCUT2D eigenvalue weighted by atomic mass is 19.1. The van der Waals surface area contributed by atoms with Gasteiger partial charge < -0.3 is 10.6 Å². The molecule has 0 unspecified atom stereocenters. The van der Waals surface area contributed by atoms with Crippen LogP contribution in [-0.2, 0) is 6.54 Å². The monoisotopic (exact) mass is 402 g/mol. The lowest BCUT2D eigenvalue weighted by molar-refractivity contribution is 0.627. The number of nitrogens with one attached hydrogen (secondary N) is 2. The average molecular weight is 402 g/mol. The second-order valence-corrected chi connectivity index (χ2v) is 6.97. The Morgan fingerprint density at radius 3 is 2.40 bits per heavy atom. The second-order valence-electron chi connectivity index (χ2n) is 6.97. The minimum atomic E-state index is -0.263. The zero-order chi connectivity index (χ0) is 20.8. The van der Waals surface area contributed by atoms with Gasteiger partial charge in [0.25, 0.3) is 0 Å². The number of aryl methyl sites for hydroxylation is 1. The Kier molecular flexibility index (Phi) is 6.10. The quantitative estimate of drug-likeness (QED) is 0.437. The molecule has 7 heteroatoms. The summed E-state index contributed by atoms with van der Waals surface area (Å²) in [6.07, 6.45) is 5.41. The van der Waals surface area contributed by atoms with Crippen LogP contribution in [0.25, 0.3) is 16.9 Å². The number of aromatic nitrogens is 4. The highest BCUT2D eigenvalue weighted by Crippen LogP contribution is 2.24. The lowest BCUT2D eigenvalue weighted by Crippen LogP contribution is -2.22. The van der Waals surface area contributed by atoms with Crippen LogP contribution in [0.15, 0.2) is 73.2 Å². The van der Waals surface area contributed by atoms with Gasteiger partial charge in [0.2, 0.25) is 5.95 Å². The van der Waals surface area contributed by atoms with Gasteiger partial charge in [-0.05, 0) is 37.3 Å². The molecule has 0 spiro atoms. The molecule has 2 aromatic carbocycles. The molecule has 0 bridgehead atoms. The van der Waals surface area contributed by atoms with E-state index in [1.54, 1.807) is 35.3 Å². The van der Waals surface area contributed by atoms with Gasteiger partial charge in [0, 0.05) is 49.4 Å². The fourth-order valence-corrected chi connectivity index (χ4v) is 3.10. The van der Waals surface area contributed by atoms with Crippen molar-refractivity contribution in [2.75, 3.05) is 18.4 Å². The van der Waals surface area contributed by atoms with Crippen molar-refractivity contribution in [2.45, 2.75) is 13.5 Å². The number of benzene rings is 2. The maximum Gasteiger partial charge on any atom is 0.222 e. The molecule has 152 valence electrons. The minimum Gasteiger partial charge on any atom is -0.353 e. The summed E-state index contributed by atoms with van der Waals surface area (Å²) in [7, 11) is 0. The molecule has 4 aromatic rings. The van der Waals surface area contributed by atoms with Crippen molar-refractivity contribution >= 4 is 5.95 Å². The summed E-state index contributed by atoms with van der Waals surface area (Å²) in [5, 5.41) is 11.4. The fraction of sp³-hybridized carbons (Fsp3) is 0.174. The van der Waals surface area contributed by atoms with Gasteiger partial charge in [0.1, 0.15) is 5.82 Å². The average Bonchev–Trinajstić information content (AvgIpc) is 3.19. The van der Waals surface area contributed by atoms with E-state index in [4.69, 9.17) is 5.10 Å². The van der Waals surface area contributed by atoms with Gasteiger partial charge in [0.05, 0.1) is 11.4 Å². The molecule has 0 radical (unpaired) electrons. The summed E-state index contributed by atoms with van der Waals surface area (Å²) < 4.78 is 15.1. The largest absolute Gasteiger partial charge is 0.353 e. The standard InChI is InChI=1S/C23H23FN6/c1-17-3-5-18(6-4-17)22-19(15-25-13-14-28-23-26-11-2-12-27-23)16-30(29-22)21-9-7-20(24)8-10-21/h2-12,16,25H,13-15H2,1H3,(H,26,27,28). The van der Waals surface area contributed by atoms with Crippen molar-refractivity contribution < 1.29 is 4.39 Å². The molecule has 30 heavy (non-hydrogen) atoms. The first-order valence-corrected chi connectivity index (χ1v) is 9.82. The Hall–Kier alpha value is -3.58. The van der Waals surface area contributed by atoms with Crippen molar-refractivity contribution in [3.05, 3.63) is 90.1 Å². The first-order chi connectivity index (χ1) is 14.7. The molecule has 0 saturated heterocycles. The molecule has 0 amide bonds. The highest BCUT2D eigenvalue weighted by Gasteiger charge is 2.12. The normalized spacial score (nSPS) is 10.9. The zero-order valence-corrected chi connectivity index (χ0v) is 16.7. The first kappa shape index (κ1) is 19.7. The Morgan fingerprint density at radius 1 is 0.933 bits per heavy atom. The third-order valence-electron chi connectivity index (χ3n) is 4.67. The Morgan fingerprint density at radius 2 is 1.67 bits per heavy atom. The van der Waals surface area contributed by atoms with Crippen molar-refractivity contribution in [3.8, 4) is 16.9 Å². The van der Waals surface area contributed by atoms with E-state index in [1.165, 1.54) is 17.7 Å². The molecule has 2 heterocycles. The predicted molar refractivity (Wildman–Crippen MR) is 116 cm³/mol. The van der Waals surface area contributed by atoms with E-state index in [-0.39, 0.29) is 5.82 Å². The minimum absolute atomic E-state index is 0.263. The van der Waals surface area contributed by atoms with Crippen LogP contribution in [0.2, 0.25) is 0 Å². The van der Waals surface area contributed by atoms with Gasteiger partial charge in [0.15, 0.2) is 0 Å². The smallest absolute Gasteiger partial charge is 0.222 e. The van der Waals surface area contributed by atoms with Crippen molar-refractivity contribution in [2.24, 2.45) is 0 Å². The molecule has 0 aliphatic heterocycles. The van der Waals surface area contributed by atoms with Crippen molar-refractivity contribution in [1.29, 1.82) is 0 Å². The first-order valence-electron chi connectivity index (χ1n) is 9.82. The van der Waals surface area contributed by atoms with Crippen LogP contribution in [0.3, 0.4) is 0 Å². The summed E-state index contributed by atoms with van der Waals surface area (Å²) in [5.74, 6) is 0.352. The number of nitrogens with zero attached hydrogens (tertiary/aromatic N) is 4. The molecular formula is C23H23FN6. The summed E-state index contributed by atoms with van der Waals surface area (Å²) in [6.45, 7) is 4.16. The molecule has 0 atom stereocenters. The maximum absolute atomic E-state index is 13.3. The van der Waals surface area contributed by atoms with E-state index < -0.39 is 0 Å². The van der Waals surface area contributed by atoms with Crippen LogP contribution >= 0.6 is 0 Å². The molecule has 0 aliphatic carbocycles.